The lowest BCUT2D eigenvalue weighted by Crippen LogP contribution is -2.04. The van der Waals surface area contributed by atoms with Gasteiger partial charge in [-0.25, -0.2) is 4.68 Å². The van der Waals surface area contributed by atoms with Crippen LogP contribution in [0.5, 0.6) is 5.75 Å². The molecule has 0 aliphatic carbocycles. The summed E-state index contributed by atoms with van der Waals surface area (Å²) in [6, 6.07) is 7.84. The monoisotopic (exact) mass is 231 g/mol. The van der Waals surface area contributed by atoms with E-state index in [-0.39, 0.29) is 0 Å². The molecule has 0 fully saturated rings. The van der Waals surface area contributed by atoms with Gasteiger partial charge in [0, 0.05) is 17.8 Å². The number of nitrogens with zero attached hydrogens (tertiary/aromatic N) is 2. The fourth-order valence-electron chi connectivity index (χ4n) is 1.90. The van der Waals surface area contributed by atoms with Crippen LogP contribution < -0.4 is 10.5 Å². The number of hydrogen-bond donors (Lipinski definition) is 1. The van der Waals surface area contributed by atoms with Gasteiger partial charge in [0.2, 0.25) is 0 Å². The van der Waals surface area contributed by atoms with Crippen LogP contribution in [-0.4, -0.2) is 16.9 Å². The van der Waals surface area contributed by atoms with Crippen LogP contribution in [0.15, 0.2) is 30.5 Å². The highest BCUT2D eigenvalue weighted by Gasteiger charge is 2.09. The Morgan fingerprint density at radius 2 is 2.00 bits per heavy atom. The zero-order valence-electron chi connectivity index (χ0n) is 10.2. The largest absolute Gasteiger partial charge is 0.497 e. The lowest BCUT2D eigenvalue weighted by molar-refractivity contribution is 0.414. The van der Waals surface area contributed by atoms with Crippen LogP contribution in [0, 0.1) is 0 Å². The molecular formula is C13H17N3O. The molecule has 1 aromatic carbocycles. The summed E-state index contributed by atoms with van der Waals surface area (Å²) in [5.41, 5.74) is 8.98. The Hall–Kier alpha value is -1.81. The molecule has 4 nitrogen and oxygen atoms in total. The highest BCUT2D eigenvalue weighted by atomic mass is 16.5. The summed E-state index contributed by atoms with van der Waals surface area (Å²) >= 11 is 0. The second kappa shape index (κ2) is 5.01. The van der Waals surface area contributed by atoms with Crippen molar-refractivity contribution in [2.24, 2.45) is 5.73 Å². The van der Waals surface area contributed by atoms with Crippen molar-refractivity contribution in [3.05, 3.63) is 41.7 Å². The average Bonchev–Trinajstić information content (AvgIpc) is 2.81. The number of aromatic nitrogens is 2. The van der Waals surface area contributed by atoms with Crippen LogP contribution in [-0.2, 0) is 13.0 Å². The number of benzene rings is 1. The molecule has 1 aromatic heterocycles. The van der Waals surface area contributed by atoms with Crippen LogP contribution in [0.1, 0.15) is 18.2 Å². The van der Waals surface area contributed by atoms with Crippen molar-refractivity contribution < 1.29 is 4.74 Å². The van der Waals surface area contributed by atoms with Crippen molar-refractivity contribution >= 4 is 0 Å². The zero-order valence-corrected chi connectivity index (χ0v) is 10.2. The molecule has 0 saturated heterocycles. The second-order valence-electron chi connectivity index (χ2n) is 3.78. The summed E-state index contributed by atoms with van der Waals surface area (Å²) in [5, 5.41) is 4.38. The van der Waals surface area contributed by atoms with Gasteiger partial charge in [-0.05, 0) is 30.7 Å². The van der Waals surface area contributed by atoms with E-state index in [1.165, 1.54) is 0 Å². The lowest BCUT2D eigenvalue weighted by atomic mass is 10.2. The Morgan fingerprint density at radius 3 is 2.53 bits per heavy atom. The van der Waals surface area contributed by atoms with Gasteiger partial charge < -0.3 is 10.5 Å². The van der Waals surface area contributed by atoms with Crippen molar-refractivity contribution in [2.75, 3.05) is 7.11 Å². The van der Waals surface area contributed by atoms with Crippen molar-refractivity contribution in [3.63, 3.8) is 0 Å². The Kier molecular flexibility index (Phi) is 3.44. The summed E-state index contributed by atoms with van der Waals surface area (Å²) in [7, 11) is 1.66. The Bertz CT molecular complexity index is 488. The van der Waals surface area contributed by atoms with Gasteiger partial charge in [-0.3, -0.25) is 0 Å². The molecule has 2 rings (SSSR count). The number of hydrogen-bond acceptors (Lipinski definition) is 3. The fourth-order valence-corrected chi connectivity index (χ4v) is 1.90. The van der Waals surface area contributed by atoms with Gasteiger partial charge in [-0.1, -0.05) is 6.92 Å². The molecule has 0 atom stereocenters. The number of rotatable bonds is 4. The first kappa shape index (κ1) is 11.7. The van der Waals surface area contributed by atoms with Crippen molar-refractivity contribution in [2.45, 2.75) is 19.9 Å². The Morgan fingerprint density at radius 1 is 1.29 bits per heavy atom. The van der Waals surface area contributed by atoms with Gasteiger partial charge in [-0.15, -0.1) is 0 Å². The van der Waals surface area contributed by atoms with Gasteiger partial charge in [-0.2, -0.15) is 5.10 Å². The standard InChI is InChI=1S/C13H17N3O/c1-3-13-10(8-14)9-15-16(13)11-4-6-12(17-2)7-5-11/h4-7,9H,3,8,14H2,1-2H3. The third kappa shape index (κ3) is 2.17. The molecule has 17 heavy (non-hydrogen) atoms. The van der Waals surface area contributed by atoms with E-state index in [9.17, 15) is 0 Å². The predicted octanol–water partition coefficient (Wildman–Crippen LogP) is 1.90. The van der Waals surface area contributed by atoms with Crippen molar-refractivity contribution in [1.29, 1.82) is 0 Å². The molecule has 1 heterocycles. The third-order valence-electron chi connectivity index (χ3n) is 2.83. The molecule has 0 unspecified atom stereocenters. The first-order valence-electron chi connectivity index (χ1n) is 5.70. The molecule has 2 aromatic rings. The predicted molar refractivity (Wildman–Crippen MR) is 67.4 cm³/mol. The maximum atomic E-state index is 5.69. The van der Waals surface area contributed by atoms with Crippen LogP contribution in [0.3, 0.4) is 0 Å². The summed E-state index contributed by atoms with van der Waals surface area (Å²) in [6.45, 7) is 2.63. The average molecular weight is 231 g/mol. The molecule has 0 aliphatic heterocycles. The number of methoxy groups -OCH3 is 1. The van der Waals surface area contributed by atoms with E-state index in [0.717, 1.165) is 29.1 Å². The van der Waals surface area contributed by atoms with E-state index in [1.807, 2.05) is 35.1 Å². The maximum Gasteiger partial charge on any atom is 0.119 e. The molecule has 0 spiro atoms. The van der Waals surface area contributed by atoms with E-state index in [2.05, 4.69) is 12.0 Å². The Balaban J connectivity index is 2.41. The van der Waals surface area contributed by atoms with Gasteiger partial charge in [0.15, 0.2) is 0 Å². The Labute approximate surface area is 101 Å². The van der Waals surface area contributed by atoms with Gasteiger partial charge >= 0.3 is 0 Å². The summed E-state index contributed by atoms with van der Waals surface area (Å²) in [4.78, 5) is 0. The van der Waals surface area contributed by atoms with E-state index < -0.39 is 0 Å². The normalized spacial score (nSPS) is 10.5. The smallest absolute Gasteiger partial charge is 0.119 e. The summed E-state index contributed by atoms with van der Waals surface area (Å²) in [5.74, 6) is 0.845. The molecule has 0 saturated carbocycles. The second-order valence-corrected chi connectivity index (χ2v) is 3.78. The van der Waals surface area contributed by atoms with Gasteiger partial charge in [0.1, 0.15) is 5.75 Å². The molecule has 4 heteroatoms. The fraction of sp³-hybridized carbons (Fsp3) is 0.308. The molecule has 2 N–H and O–H groups in total. The van der Waals surface area contributed by atoms with Crippen LogP contribution in [0.25, 0.3) is 5.69 Å². The van der Waals surface area contributed by atoms with Crippen LogP contribution in [0.2, 0.25) is 0 Å². The van der Waals surface area contributed by atoms with E-state index >= 15 is 0 Å². The highest BCUT2D eigenvalue weighted by molar-refractivity contribution is 5.39. The molecule has 0 radical (unpaired) electrons. The van der Waals surface area contributed by atoms with E-state index in [1.54, 1.807) is 7.11 Å². The molecule has 0 amide bonds. The topological polar surface area (TPSA) is 53.1 Å². The number of ether oxygens (including phenoxy) is 1. The van der Waals surface area contributed by atoms with Crippen molar-refractivity contribution in [1.82, 2.24) is 9.78 Å². The van der Waals surface area contributed by atoms with E-state index in [4.69, 9.17) is 10.5 Å². The quantitative estimate of drug-likeness (QED) is 0.874. The molecular weight excluding hydrogens is 214 g/mol. The van der Waals surface area contributed by atoms with Crippen LogP contribution in [0.4, 0.5) is 0 Å². The maximum absolute atomic E-state index is 5.69. The summed E-state index contributed by atoms with van der Waals surface area (Å²) < 4.78 is 7.07. The molecule has 0 aliphatic rings. The van der Waals surface area contributed by atoms with E-state index in [0.29, 0.717) is 6.54 Å². The first-order valence-corrected chi connectivity index (χ1v) is 5.70. The summed E-state index contributed by atoms with van der Waals surface area (Å²) in [6.07, 6.45) is 2.75. The number of nitrogens with two attached hydrogens (primary N) is 1. The minimum absolute atomic E-state index is 0.527. The van der Waals surface area contributed by atoms with Gasteiger partial charge in [0.25, 0.3) is 0 Å². The molecule has 0 bridgehead atoms. The van der Waals surface area contributed by atoms with Crippen molar-refractivity contribution in [3.8, 4) is 11.4 Å². The lowest BCUT2D eigenvalue weighted by Gasteiger charge is -2.08. The minimum atomic E-state index is 0.527. The highest BCUT2D eigenvalue weighted by Crippen LogP contribution is 2.18. The third-order valence-corrected chi connectivity index (χ3v) is 2.83. The van der Waals surface area contributed by atoms with Crippen LogP contribution >= 0.6 is 0 Å². The molecule has 90 valence electrons. The minimum Gasteiger partial charge on any atom is -0.497 e. The first-order chi connectivity index (χ1) is 8.30. The zero-order chi connectivity index (χ0) is 12.3. The van der Waals surface area contributed by atoms with Gasteiger partial charge in [0.05, 0.1) is 19.0 Å². The SMILES string of the molecule is CCc1c(CN)cnn1-c1ccc(OC)cc1.